The van der Waals surface area contributed by atoms with Crippen molar-refractivity contribution in [2.24, 2.45) is 5.92 Å². The van der Waals surface area contributed by atoms with Crippen molar-refractivity contribution in [3.63, 3.8) is 0 Å². The van der Waals surface area contributed by atoms with E-state index in [9.17, 15) is 9.59 Å². The van der Waals surface area contributed by atoms with Gasteiger partial charge in [-0.15, -0.1) is 0 Å². The molecular weight excluding hydrogens is 242 g/mol. The molecular formula is C14H29N3O2. The number of nitrogens with zero attached hydrogens (tertiary/aromatic N) is 1. The van der Waals surface area contributed by atoms with E-state index >= 15 is 0 Å². The van der Waals surface area contributed by atoms with Gasteiger partial charge in [0.05, 0.1) is 12.1 Å². The number of rotatable bonds is 8. The molecule has 0 saturated carbocycles. The third kappa shape index (κ3) is 6.57. The van der Waals surface area contributed by atoms with Gasteiger partial charge in [0.1, 0.15) is 0 Å². The highest BCUT2D eigenvalue weighted by atomic mass is 16.2. The molecule has 0 aliphatic heterocycles. The van der Waals surface area contributed by atoms with E-state index < -0.39 is 0 Å². The van der Waals surface area contributed by atoms with Gasteiger partial charge < -0.3 is 10.2 Å². The Kier molecular flexibility index (Phi) is 8.39. The molecule has 5 nitrogen and oxygen atoms in total. The topological polar surface area (TPSA) is 61.4 Å². The molecule has 19 heavy (non-hydrogen) atoms. The summed E-state index contributed by atoms with van der Waals surface area (Å²) in [6, 6.07) is -0.715. The maximum atomic E-state index is 12.1. The SMILES string of the molecule is CCN(CC)C(=O)C(C)NC(C)C(=O)NCC(C)C. The van der Waals surface area contributed by atoms with Crippen molar-refractivity contribution in [3.8, 4) is 0 Å². The van der Waals surface area contributed by atoms with Crippen molar-refractivity contribution < 1.29 is 9.59 Å². The van der Waals surface area contributed by atoms with E-state index in [1.165, 1.54) is 0 Å². The van der Waals surface area contributed by atoms with Gasteiger partial charge in [-0.05, 0) is 33.6 Å². The van der Waals surface area contributed by atoms with Gasteiger partial charge in [0.15, 0.2) is 0 Å². The third-order valence-electron chi connectivity index (χ3n) is 3.02. The average Bonchev–Trinajstić information content (AvgIpc) is 2.36. The summed E-state index contributed by atoms with van der Waals surface area (Å²) in [5, 5.41) is 5.91. The van der Waals surface area contributed by atoms with Crippen LogP contribution in [0.25, 0.3) is 0 Å². The quantitative estimate of drug-likeness (QED) is 0.692. The zero-order valence-corrected chi connectivity index (χ0v) is 13.1. The molecule has 0 saturated heterocycles. The Bertz CT molecular complexity index is 288. The van der Waals surface area contributed by atoms with Crippen LogP contribution in [0.1, 0.15) is 41.5 Å². The molecule has 112 valence electrons. The number of nitrogens with one attached hydrogen (secondary N) is 2. The molecule has 0 radical (unpaired) electrons. The molecule has 0 aliphatic carbocycles. The van der Waals surface area contributed by atoms with Crippen molar-refractivity contribution in [1.29, 1.82) is 0 Å². The number of hydrogen-bond acceptors (Lipinski definition) is 3. The van der Waals surface area contributed by atoms with E-state index in [1.807, 2.05) is 27.7 Å². The summed E-state index contributed by atoms with van der Waals surface area (Å²) in [4.78, 5) is 25.6. The molecule has 0 aromatic rings. The normalized spacial score (nSPS) is 14.1. The molecule has 0 aliphatic rings. The Balaban J connectivity index is 4.27. The van der Waals surface area contributed by atoms with E-state index in [4.69, 9.17) is 0 Å². The lowest BCUT2D eigenvalue weighted by Crippen LogP contribution is -2.52. The molecule has 2 amide bonds. The van der Waals surface area contributed by atoms with Crippen LogP contribution < -0.4 is 10.6 Å². The molecule has 0 heterocycles. The molecule has 5 heteroatoms. The van der Waals surface area contributed by atoms with Crippen molar-refractivity contribution in [2.45, 2.75) is 53.6 Å². The predicted octanol–water partition coefficient (Wildman–Crippen LogP) is 0.994. The lowest BCUT2D eigenvalue weighted by atomic mass is 10.2. The highest BCUT2D eigenvalue weighted by molar-refractivity contribution is 5.84. The van der Waals surface area contributed by atoms with Crippen molar-refractivity contribution in [1.82, 2.24) is 15.5 Å². The van der Waals surface area contributed by atoms with Crippen LogP contribution >= 0.6 is 0 Å². The number of carbonyl (C=O) groups excluding carboxylic acids is 2. The summed E-state index contributed by atoms with van der Waals surface area (Å²) < 4.78 is 0. The van der Waals surface area contributed by atoms with Crippen LogP contribution in [0.2, 0.25) is 0 Å². The minimum atomic E-state index is -0.367. The highest BCUT2D eigenvalue weighted by Gasteiger charge is 2.22. The number of carbonyl (C=O) groups is 2. The van der Waals surface area contributed by atoms with Crippen LogP contribution in [0.15, 0.2) is 0 Å². The molecule has 0 spiro atoms. The molecule has 2 unspecified atom stereocenters. The van der Waals surface area contributed by atoms with E-state index in [1.54, 1.807) is 18.7 Å². The molecule has 0 fully saturated rings. The second-order valence-corrected chi connectivity index (χ2v) is 5.26. The summed E-state index contributed by atoms with van der Waals surface area (Å²) in [6.45, 7) is 13.6. The smallest absolute Gasteiger partial charge is 0.239 e. The second kappa shape index (κ2) is 8.91. The highest BCUT2D eigenvalue weighted by Crippen LogP contribution is 1.97. The van der Waals surface area contributed by atoms with Crippen LogP contribution in [0, 0.1) is 5.92 Å². The Hall–Kier alpha value is -1.10. The average molecular weight is 271 g/mol. The largest absolute Gasteiger partial charge is 0.354 e. The van der Waals surface area contributed by atoms with Gasteiger partial charge in [-0.1, -0.05) is 13.8 Å². The standard InChI is InChI=1S/C14H29N3O2/c1-7-17(8-2)14(19)12(6)16-11(5)13(18)15-9-10(3)4/h10-12,16H,7-9H2,1-6H3,(H,15,18). The Morgan fingerprint density at radius 1 is 1.00 bits per heavy atom. The molecule has 0 rings (SSSR count). The van der Waals surface area contributed by atoms with Crippen LogP contribution in [0.3, 0.4) is 0 Å². The summed E-state index contributed by atoms with van der Waals surface area (Å²) in [7, 11) is 0. The minimum Gasteiger partial charge on any atom is -0.354 e. The molecule has 2 atom stereocenters. The van der Waals surface area contributed by atoms with E-state index in [-0.39, 0.29) is 23.9 Å². The van der Waals surface area contributed by atoms with Crippen LogP contribution in [-0.4, -0.2) is 48.4 Å². The Morgan fingerprint density at radius 2 is 1.53 bits per heavy atom. The third-order valence-corrected chi connectivity index (χ3v) is 3.02. The Labute approximate surface area is 117 Å². The van der Waals surface area contributed by atoms with Gasteiger partial charge in [-0.3, -0.25) is 14.9 Å². The fraction of sp³-hybridized carbons (Fsp3) is 0.857. The van der Waals surface area contributed by atoms with Gasteiger partial charge in [-0.25, -0.2) is 0 Å². The first-order chi connectivity index (χ1) is 8.83. The molecule has 2 N–H and O–H groups in total. The number of likely N-dealkylation sites (N-methyl/N-ethyl adjacent to an activating group) is 1. The lowest BCUT2D eigenvalue weighted by molar-refractivity contribution is -0.133. The summed E-state index contributed by atoms with van der Waals surface area (Å²) in [6.07, 6.45) is 0. The first-order valence-electron chi connectivity index (χ1n) is 7.15. The maximum Gasteiger partial charge on any atom is 0.239 e. The fourth-order valence-corrected chi connectivity index (χ4v) is 1.79. The summed E-state index contributed by atoms with van der Waals surface area (Å²) in [5.41, 5.74) is 0. The van der Waals surface area contributed by atoms with Gasteiger partial charge >= 0.3 is 0 Å². The second-order valence-electron chi connectivity index (χ2n) is 5.26. The molecule has 0 bridgehead atoms. The van der Waals surface area contributed by atoms with Gasteiger partial charge in [0, 0.05) is 19.6 Å². The summed E-state index contributed by atoms with van der Waals surface area (Å²) >= 11 is 0. The zero-order chi connectivity index (χ0) is 15.0. The monoisotopic (exact) mass is 271 g/mol. The van der Waals surface area contributed by atoms with Gasteiger partial charge in [0.2, 0.25) is 11.8 Å². The first-order valence-corrected chi connectivity index (χ1v) is 7.15. The first kappa shape index (κ1) is 17.9. The van der Waals surface area contributed by atoms with E-state index in [0.29, 0.717) is 25.6 Å². The summed E-state index contributed by atoms with van der Waals surface area (Å²) in [5.74, 6) is 0.396. The van der Waals surface area contributed by atoms with Crippen molar-refractivity contribution in [3.05, 3.63) is 0 Å². The molecule has 0 aromatic carbocycles. The Morgan fingerprint density at radius 3 is 1.95 bits per heavy atom. The van der Waals surface area contributed by atoms with Crippen LogP contribution in [-0.2, 0) is 9.59 Å². The van der Waals surface area contributed by atoms with Crippen molar-refractivity contribution in [2.75, 3.05) is 19.6 Å². The van der Waals surface area contributed by atoms with Gasteiger partial charge in [-0.2, -0.15) is 0 Å². The van der Waals surface area contributed by atoms with Crippen LogP contribution in [0.5, 0.6) is 0 Å². The van der Waals surface area contributed by atoms with Crippen LogP contribution in [0.4, 0.5) is 0 Å². The van der Waals surface area contributed by atoms with E-state index in [0.717, 1.165) is 0 Å². The molecule has 0 aromatic heterocycles. The number of amides is 2. The zero-order valence-electron chi connectivity index (χ0n) is 13.1. The van der Waals surface area contributed by atoms with Crippen molar-refractivity contribution >= 4 is 11.8 Å². The predicted molar refractivity (Wildman–Crippen MR) is 77.8 cm³/mol. The number of hydrogen-bond donors (Lipinski definition) is 2. The fourth-order valence-electron chi connectivity index (χ4n) is 1.79. The minimum absolute atomic E-state index is 0.0357. The van der Waals surface area contributed by atoms with E-state index in [2.05, 4.69) is 10.6 Å². The maximum absolute atomic E-state index is 12.1. The van der Waals surface area contributed by atoms with Gasteiger partial charge in [0.25, 0.3) is 0 Å². The lowest BCUT2D eigenvalue weighted by Gasteiger charge is -2.25.